The number of carboxylic acid groups (broad SMARTS) is 1. The van der Waals surface area contributed by atoms with Crippen molar-refractivity contribution in [3.05, 3.63) is 29.8 Å². The molecule has 1 amide bonds. The number of ether oxygens (including phenoxy) is 1. The number of hydrogen-bond donors (Lipinski definition) is 2. The smallest absolute Gasteiger partial charge is 0.317 e. The molecule has 6 heteroatoms. The molecule has 0 aliphatic heterocycles. The van der Waals surface area contributed by atoms with Gasteiger partial charge in [-0.05, 0) is 44.0 Å². The zero-order chi connectivity index (χ0) is 17.5. The van der Waals surface area contributed by atoms with Gasteiger partial charge in [-0.15, -0.1) is 0 Å². The zero-order valence-electron chi connectivity index (χ0n) is 14.3. The fourth-order valence-corrected chi connectivity index (χ4v) is 2.94. The van der Waals surface area contributed by atoms with E-state index in [1.807, 2.05) is 43.0 Å². The predicted molar refractivity (Wildman–Crippen MR) is 91.1 cm³/mol. The monoisotopic (exact) mass is 334 g/mol. The van der Waals surface area contributed by atoms with Gasteiger partial charge in [-0.25, -0.2) is 0 Å². The Labute approximate surface area is 142 Å². The Morgan fingerprint density at radius 1 is 1.38 bits per heavy atom. The van der Waals surface area contributed by atoms with Gasteiger partial charge < -0.3 is 15.2 Å². The van der Waals surface area contributed by atoms with Crippen molar-refractivity contribution < 1.29 is 19.4 Å². The highest BCUT2D eigenvalue weighted by molar-refractivity contribution is 5.76. The van der Waals surface area contributed by atoms with E-state index in [1.54, 1.807) is 0 Å². The molecule has 2 rings (SSSR count). The number of nitrogens with zero attached hydrogens (tertiary/aromatic N) is 1. The van der Waals surface area contributed by atoms with Gasteiger partial charge in [0.15, 0.2) is 0 Å². The van der Waals surface area contributed by atoms with Crippen LogP contribution in [0.1, 0.15) is 31.7 Å². The van der Waals surface area contributed by atoms with Crippen LogP contribution in [0.5, 0.6) is 5.75 Å². The molecule has 1 aromatic rings. The number of amides is 1. The number of carbonyl (C=O) groups is 2. The lowest BCUT2D eigenvalue weighted by Crippen LogP contribution is -2.54. The molecular formula is C18H26N2O4. The quantitative estimate of drug-likeness (QED) is 0.720. The SMILES string of the molecule is CCN(CC(=O)O)C1CC(NC(=O)CCOc2cccc(C)c2)C1. The highest BCUT2D eigenvalue weighted by Crippen LogP contribution is 2.25. The average Bonchev–Trinajstić information content (AvgIpc) is 2.48. The van der Waals surface area contributed by atoms with Crippen molar-refractivity contribution in [2.24, 2.45) is 0 Å². The van der Waals surface area contributed by atoms with Gasteiger partial charge in [0.25, 0.3) is 0 Å². The lowest BCUT2D eigenvalue weighted by atomic mass is 9.85. The van der Waals surface area contributed by atoms with Gasteiger partial charge in [-0.2, -0.15) is 0 Å². The van der Waals surface area contributed by atoms with Gasteiger partial charge in [0, 0.05) is 12.1 Å². The van der Waals surface area contributed by atoms with E-state index in [0.717, 1.165) is 24.2 Å². The molecule has 24 heavy (non-hydrogen) atoms. The summed E-state index contributed by atoms with van der Waals surface area (Å²) >= 11 is 0. The maximum atomic E-state index is 11.9. The van der Waals surface area contributed by atoms with Crippen molar-refractivity contribution in [3.63, 3.8) is 0 Å². The third-order valence-electron chi connectivity index (χ3n) is 4.33. The summed E-state index contributed by atoms with van der Waals surface area (Å²) < 4.78 is 5.58. The van der Waals surface area contributed by atoms with Crippen molar-refractivity contribution >= 4 is 11.9 Å². The number of carboxylic acids is 1. The van der Waals surface area contributed by atoms with Crippen LogP contribution in [0.4, 0.5) is 0 Å². The number of rotatable bonds is 9. The molecule has 0 saturated heterocycles. The molecule has 0 bridgehead atoms. The standard InChI is InChI=1S/C18H26N2O4/c1-3-20(12-18(22)23)15-10-14(11-15)19-17(21)7-8-24-16-6-4-5-13(2)9-16/h4-6,9,14-15H,3,7-8,10-12H2,1-2H3,(H,19,21)(H,22,23). The summed E-state index contributed by atoms with van der Waals surface area (Å²) in [6.07, 6.45) is 1.94. The first-order valence-corrected chi connectivity index (χ1v) is 8.42. The van der Waals surface area contributed by atoms with Crippen LogP contribution in [0.25, 0.3) is 0 Å². The Kier molecular flexibility index (Phi) is 6.61. The van der Waals surface area contributed by atoms with E-state index in [1.165, 1.54) is 0 Å². The first-order valence-electron chi connectivity index (χ1n) is 8.42. The lowest BCUT2D eigenvalue weighted by Gasteiger charge is -2.42. The van der Waals surface area contributed by atoms with Gasteiger partial charge in [-0.1, -0.05) is 19.1 Å². The van der Waals surface area contributed by atoms with E-state index >= 15 is 0 Å². The van der Waals surface area contributed by atoms with Crippen molar-refractivity contribution in [2.75, 3.05) is 19.7 Å². The summed E-state index contributed by atoms with van der Waals surface area (Å²) in [6, 6.07) is 8.13. The number of carbonyl (C=O) groups excluding carboxylic acids is 1. The number of likely N-dealkylation sites (N-methyl/N-ethyl adjacent to an activating group) is 1. The summed E-state index contributed by atoms with van der Waals surface area (Å²) in [6.45, 7) is 5.08. The Balaban J connectivity index is 1.63. The third-order valence-corrected chi connectivity index (χ3v) is 4.33. The Morgan fingerprint density at radius 2 is 2.12 bits per heavy atom. The average molecular weight is 334 g/mol. The number of aryl methyl sites for hydroxylation is 1. The molecule has 2 N–H and O–H groups in total. The van der Waals surface area contributed by atoms with Gasteiger partial charge in [0.2, 0.25) is 5.91 Å². The minimum atomic E-state index is -0.808. The summed E-state index contributed by atoms with van der Waals surface area (Å²) in [4.78, 5) is 24.7. The van der Waals surface area contributed by atoms with E-state index in [4.69, 9.17) is 9.84 Å². The van der Waals surface area contributed by atoms with E-state index in [9.17, 15) is 9.59 Å². The minimum Gasteiger partial charge on any atom is -0.493 e. The number of hydrogen-bond acceptors (Lipinski definition) is 4. The largest absolute Gasteiger partial charge is 0.493 e. The molecule has 0 radical (unpaired) electrons. The number of nitrogens with one attached hydrogen (secondary N) is 1. The number of benzene rings is 1. The van der Waals surface area contributed by atoms with Crippen molar-refractivity contribution in [1.29, 1.82) is 0 Å². The van der Waals surface area contributed by atoms with Crippen LogP contribution in [-0.4, -0.2) is 53.7 Å². The van der Waals surface area contributed by atoms with Crippen LogP contribution >= 0.6 is 0 Å². The zero-order valence-corrected chi connectivity index (χ0v) is 14.3. The highest BCUT2D eigenvalue weighted by atomic mass is 16.5. The summed E-state index contributed by atoms with van der Waals surface area (Å²) in [5, 5.41) is 11.9. The molecule has 0 aromatic heterocycles. The maximum absolute atomic E-state index is 11.9. The second kappa shape index (κ2) is 8.68. The van der Waals surface area contributed by atoms with E-state index in [-0.39, 0.29) is 24.5 Å². The molecule has 1 aliphatic carbocycles. The highest BCUT2D eigenvalue weighted by Gasteiger charge is 2.34. The number of aliphatic carboxylic acids is 1. The van der Waals surface area contributed by atoms with E-state index < -0.39 is 5.97 Å². The molecule has 1 aromatic carbocycles. The predicted octanol–water partition coefficient (Wildman–Crippen LogP) is 1.82. The molecule has 0 unspecified atom stereocenters. The van der Waals surface area contributed by atoms with Crippen LogP contribution in [-0.2, 0) is 9.59 Å². The van der Waals surface area contributed by atoms with Crippen LogP contribution in [0.3, 0.4) is 0 Å². The van der Waals surface area contributed by atoms with Gasteiger partial charge in [-0.3, -0.25) is 14.5 Å². The van der Waals surface area contributed by atoms with Crippen molar-refractivity contribution in [2.45, 2.75) is 45.2 Å². The van der Waals surface area contributed by atoms with E-state index in [2.05, 4.69) is 5.32 Å². The van der Waals surface area contributed by atoms with Crippen LogP contribution in [0, 0.1) is 6.92 Å². The Morgan fingerprint density at radius 3 is 2.75 bits per heavy atom. The first kappa shape index (κ1) is 18.3. The molecule has 1 aliphatic rings. The second-order valence-corrected chi connectivity index (χ2v) is 6.26. The van der Waals surface area contributed by atoms with Crippen LogP contribution < -0.4 is 10.1 Å². The minimum absolute atomic E-state index is 0.0209. The molecule has 0 spiro atoms. The second-order valence-electron chi connectivity index (χ2n) is 6.26. The Hall–Kier alpha value is -2.08. The van der Waals surface area contributed by atoms with Crippen molar-refractivity contribution in [3.8, 4) is 5.75 Å². The first-order chi connectivity index (χ1) is 11.5. The topological polar surface area (TPSA) is 78.9 Å². The van der Waals surface area contributed by atoms with Gasteiger partial charge >= 0.3 is 5.97 Å². The van der Waals surface area contributed by atoms with E-state index in [0.29, 0.717) is 19.6 Å². The lowest BCUT2D eigenvalue weighted by molar-refractivity contribution is -0.139. The maximum Gasteiger partial charge on any atom is 0.317 e. The fourth-order valence-electron chi connectivity index (χ4n) is 2.94. The molecule has 1 saturated carbocycles. The molecule has 132 valence electrons. The molecule has 1 fully saturated rings. The summed E-state index contributed by atoms with van der Waals surface area (Å²) in [5.74, 6) is -0.0521. The summed E-state index contributed by atoms with van der Waals surface area (Å²) in [7, 11) is 0. The third kappa shape index (κ3) is 5.53. The summed E-state index contributed by atoms with van der Waals surface area (Å²) in [5.41, 5.74) is 1.12. The van der Waals surface area contributed by atoms with Crippen LogP contribution in [0.2, 0.25) is 0 Å². The fraction of sp³-hybridized carbons (Fsp3) is 0.556. The molecular weight excluding hydrogens is 308 g/mol. The van der Waals surface area contributed by atoms with Crippen molar-refractivity contribution in [1.82, 2.24) is 10.2 Å². The molecule has 0 heterocycles. The van der Waals surface area contributed by atoms with Gasteiger partial charge in [0.05, 0.1) is 19.6 Å². The van der Waals surface area contributed by atoms with Gasteiger partial charge in [0.1, 0.15) is 5.75 Å². The normalized spacial score (nSPS) is 19.6. The molecule has 0 atom stereocenters. The van der Waals surface area contributed by atoms with Crippen LogP contribution in [0.15, 0.2) is 24.3 Å². The molecule has 6 nitrogen and oxygen atoms in total. The Bertz CT molecular complexity index is 570.